The van der Waals surface area contributed by atoms with Crippen molar-refractivity contribution in [3.8, 4) is 11.5 Å². The molecule has 1 aromatic heterocycles. The Morgan fingerprint density at radius 3 is 2.75 bits per heavy atom. The summed E-state index contributed by atoms with van der Waals surface area (Å²) >= 11 is 6.14. The third-order valence-corrected chi connectivity index (χ3v) is 3.55. The number of methoxy groups -OCH3 is 2. The molecule has 0 saturated heterocycles. The van der Waals surface area contributed by atoms with Crippen LogP contribution in [0.4, 0.5) is 0 Å². The van der Waals surface area contributed by atoms with E-state index in [1.165, 1.54) is 20.3 Å². The van der Waals surface area contributed by atoms with Gasteiger partial charge in [-0.25, -0.2) is 0 Å². The third kappa shape index (κ3) is 4.73. The monoisotopic (exact) mass is 346 g/mol. The number of rotatable bonds is 6. The van der Waals surface area contributed by atoms with Crippen LogP contribution in [0.1, 0.15) is 17.0 Å². The van der Waals surface area contributed by atoms with Gasteiger partial charge in [-0.2, -0.15) is 0 Å². The van der Waals surface area contributed by atoms with Gasteiger partial charge in [0.05, 0.1) is 31.5 Å². The molecule has 0 fully saturated rings. The summed E-state index contributed by atoms with van der Waals surface area (Å²) < 4.78 is 10.4. The number of aromatic nitrogens is 1. The summed E-state index contributed by atoms with van der Waals surface area (Å²) in [5, 5.41) is 3.20. The lowest BCUT2D eigenvalue weighted by atomic mass is 10.2. The molecule has 0 aliphatic carbocycles. The topological polar surface area (TPSA) is 60.5 Å². The molecule has 0 bridgehead atoms. The standard InChI is InChI=1S/C18H19ClN2O3/c1-12-5-4-6-14(21-12)11-20-17(22)8-7-13-9-15(19)18(24-3)16(10-13)23-2/h4-10H,11H2,1-3H3,(H,20,22)/b8-7+. The quantitative estimate of drug-likeness (QED) is 0.814. The lowest BCUT2D eigenvalue weighted by molar-refractivity contribution is -0.116. The fourth-order valence-electron chi connectivity index (χ4n) is 2.14. The van der Waals surface area contributed by atoms with Crippen LogP contribution in [0, 0.1) is 6.92 Å². The molecule has 0 spiro atoms. The molecular formula is C18H19ClN2O3. The summed E-state index contributed by atoms with van der Waals surface area (Å²) in [6.45, 7) is 2.28. The Bertz CT molecular complexity index is 760. The highest BCUT2D eigenvalue weighted by atomic mass is 35.5. The predicted octanol–water partition coefficient (Wildman–Crippen LogP) is 3.39. The van der Waals surface area contributed by atoms with E-state index in [2.05, 4.69) is 10.3 Å². The third-order valence-electron chi connectivity index (χ3n) is 3.27. The molecule has 126 valence electrons. The number of nitrogens with zero attached hydrogens (tertiary/aromatic N) is 1. The van der Waals surface area contributed by atoms with E-state index in [9.17, 15) is 4.79 Å². The van der Waals surface area contributed by atoms with Crippen LogP contribution >= 0.6 is 11.6 Å². The molecule has 2 rings (SSSR count). The van der Waals surface area contributed by atoms with Crippen LogP contribution in [0.5, 0.6) is 11.5 Å². The number of halogens is 1. The molecule has 0 aliphatic heterocycles. The SMILES string of the molecule is COc1cc(/C=C/C(=O)NCc2cccc(C)n2)cc(Cl)c1OC. The zero-order chi connectivity index (χ0) is 17.5. The molecule has 1 heterocycles. The van der Waals surface area contributed by atoms with Crippen LogP contribution in [0.2, 0.25) is 5.02 Å². The van der Waals surface area contributed by atoms with Gasteiger partial charge in [0.1, 0.15) is 0 Å². The van der Waals surface area contributed by atoms with Crippen LogP contribution in [0.3, 0.4) is 0 Å². The van der Waals surface area contributed by atoms with Gasteiger partial charge in [-0.05, 0) is 42.8 Å². The molecule has 0 unspecified atom stereocenters. The van der Waals surface area contributed by atoms with Gasteiger partial charge < -0.3 is 14.8 Å². The molecule has 1 N–H and O–H groups in total. The fourth-order valence-corrected chi connectivity index (χ4v) is 2.44. The molecule has 0 radical (unpaired) electrons. The summed E-state index contributed by atoms with van der Waals surface area (Å²) in [5.74, 6) is 0.754. The van der Waals surface area contributed by atoms with Crippen molar-refractivity contribution in [3.63, 3.8) is 0 Å². The van der Waals surface area contributed by atoms with Crippen molar-refractivity contribution >= 4 is 23.6 Å². The molecule has 5 nitrogen and oxygen atoms in total. The molecule has 1 aromatic carbocycles. The lowest BCUT2D eigenvalue weighted by Crippen LogP contribution is -2.20. The van der Waals surface area contributed by atoms with Crippen LogP contribution in [0.15, 0.2) is 36.4 Å². The first-order chi connectivity index (χ1) is 11.5. The Morgan fingerprint density at radius 1 is 1.29 bits per heavy atom. The van der Waals surface area contributed by atoms with Gasteiger partial charge in [0.15, 0.2) is 11.5 Å². The molecule has 24 heavy (non-hydrogen) atoms. The minimum atomic E-state index is -0.218. The molecule has 1 amide bonds. The Balaban J connectivity index is 2.02. The van der Waals surface area contributed by atoms with Gasteiger partial charge >= 0.3 is 0 Å². The van der Waals surface area contributed by atoms with Crippen molar-refractivity contribution in [2.24, 2.45) is 0 Å². The van der Waals surface area contributed by atoms with Crippen molar-refractivity contribution in [1.29, 1.82) is 0 Å². The number of ether oxygens (including phenoxy) is 2. The van der Waals surface area contributed by atoms with Crippen LogP contribution in [-0.2, 0) is 11.3 Å². The van der Waals surface area contributed by atoms with E-state index in [-0.39, 0.29) is 5.91 Å². The minimum Gasteiger partial charge on any atom is -0.493 e. The summed E-state index contributed by atoms with van der Waals surface area (Å²) in [7, 11) is 3.05. The summed E-state index contributed by atoms with van der Waals surface area (Å²) in [6, 6.07) is 9.13. The van der Waals surface area contributed by atoms with Crippen molar-refractivity contribution in [2.45, 2.75) is 13.5 Å². The Hall–Kier alpha value is -2.53. The zero-order valence-corrected chi connectivity index (χ0v) is 14.6. The number of pyridine rings is 1. The van der Waals surface area contributed by atoms with Gasteiger partial charge in [0.2, 0.25) is 5.91 Å². The maximum atomic E-state index is 11.9. The lowest BCUT2D eigenvalue weighted by Gasteiger charge is -2.10. The number of benzene rings is 1. The molecule has 0 aliphatic rings. The average Bonchev–Trinajstić information content (AvgIpc) is 2.57. The average molecular weight is 347 g/mol. The van der Waals surface area contributed by atoms with Gasteiger partial charge in [-0.1, -0.05) is 17.7 Å². The second kappa shape index (κ2) is 8.36. The highest BCUT2D eigenvalue weighted by molar-refractivity contribution is 6.32. The minimum absolute atomic E-state index is 0.218. The first kappa shape index (κ1) is 17.8. The maximum absolute atomic E-state index is 11.9. The largest absolute Gasteiger partial charge is 0.493 e. The second-order valence-corrected chi connectivity index (χ2v) is 5.47. The summed E-state index contributed by atoms with van der Waals surface area (Å²) in [5.41, 5.74) is 2.46. The van der Waals surface area contributed by atoms with E-state index in [1.807, 2.05) is 25.1 Å². The second-order valence-electron chi connectivity index (χ2n) is 5.06. The Kier molecular flexibility index (Phi) is 6.21. The van der Waals surface area contributed by atoms with Crippen LogP contribution < -0.4 is 14.8 Å². The highest BCUT2D eigenvalue weighted by Gasteiger charge is 2.09. The highest BCUT2D eigenvalue weighted by Crippen LogP contribution is 2.36. The molecule has 0 atom stereocenters. The Labute approximate surface area is 146 Å². The normalized spacial score (nSPS) is 10.7. The predicted molar refractivity (Wildman–Crippen MR) is 94.4 cm³/mol. The number of carbonyl (C=O) groups excluding carboxylic acids is 1. The molecule has 2 aromatic rings. The first-order valence-electron chi connectivity index (χ1n) is 7.33. The van der Waals surface area contributed by atoms with E-state index in [1.54, 1.807) is 18.2 Å². The van der Waals surface area contributed by atoms with Gasteiger partial charge in [0, 0.05) is 11.8 Å². The van der Waals surface area contributed by atoms with Crippen molar-refractivity contribution in [3.05, 3.63) is 58.4 Å². The van der Waals surface area contributed by atoms with E-state index in [0.29, 0.717) is 23.1 Å². The summed E-state index contributed by atoms with van der Waals surface area (Å²) in [4.78, 5) is 16.3. The Morgan fingerprint density at radius 2 is 2.08 bits per heavy atom. The summed E-state index contributed by atoms with van der Waals surface area (Å²) in [6.07, 6.45) is 3.10. The van der Waals surface area contributed by atoms with Gasteiger partial charge in [-0.15, -0.1) is 0 Å². The first-order valence-corrected chi connectivity index (χ1v) is 7.71. The molecule has 0 saturated carbocycles. The van der Waals surface area contributed by atoms with Crippen LogP contribution in [-0.4, -0.2) is 25.1 Å². The number of nitrogens with one attached hydrogen (secondary N) is 1. The fraction of sp³-hybridized carbons (Fsp3) is 0.222. The van der Waals surface area contributed by atoms with Gasteiger partial charge in [0.25, 0.3) is 0 Å². The van der Waals surface area contributed by atoms with E-state index in [0.717, 1.165) is 17.0 Å². The van der Waals surface area contributed by atoms with Crippen LogP contribution in [0.25, 0.3) is 6.08 Å². The van der Waals surface area contributed by atoms with E-state index in [4.69, 9.17) is 21.1 Å². The maximum Gasteiger partial charge on any atom is 0.244 e. The van der Waals surface area contributed by atoms with Crippen molar-refractivity contribution in [2.75, 3.05) is 14.2 Å². The smallest absolute Gasteiger partial charge is 0.244 e. The van der Waals surface area contributed by atoms with Gasteiger partial charge in [-0.3, -0.25) is 9.78 Å². The van der Waals surface area contributed by atoms with Crippen molar-refractivity contribution < 1.29 is 14.3 Å². The molecular weight excluding hydrogens is 328 g/mol. The van der Waals surface area contributed by atoms with E-state index >= 15 is 0 Å². The molecule has 6 heteroatoms. The number of carbonyl (C=O) groups is 1. The number of amides is 1. The number of hydrogen-bond acceptors (Lipinski definition) is 4. The van der Waals surface area contributed by atoms with E-state index < -0.39 is 0 Å². The zero-order valence-electron chi connectivity index (χ0n) is 13.8. The number of aryl methyl sites for hydroxylation is 1. The number of hydrogen-bond donors (Lipinski definition) is 1. The van der Waals surface area contributed by atoms with Crippen molar-refractivity contribution in [1.82, 2.24) is 10.3 Å².